The molecule has 4 heteroatoms. The van der Waals surface area contributed by atoms with Gasteiger partial charge in [0.25, 0.3) is 0 Å². The fourth-order valence-electron chi connectivity index (χ4n) is 1.86. The van der Waals surface area contributed by atoms with Gasteiger partial charge in [-0.3, -0.25) is 5.43 Å². The number of rotatable bonds is 0. The molecule has 1 saturated heterocycles. The summed E-state index contributed by atoms with van der Waals surface area (Å²) in [7, 11) is 0. The van der Waals surface area contributed by atoms with Crippen molar-refractivity contribution in [3.8, 4) is 0 Å². The molecule has 2 rings (SSSR count). The van der Waals surface area contributed by atoms with Gasteiger partial charge in [0.1, 0.15) is 5.66 Å². The van der Waals surface area contributed by atoms with Crippen LogP contribution in [0.4, 0.5) is 4.79 Å². The average molecular weight is 155 g/mol. The van der Waals surface area contributed by atoms with E-state index in [4.69, 9.17) is 0 Å². The van der Waals surface area contributed by atoms with E-state index in [0.717, 1.165) is 12.8 Å². The van der Waals surface area contributed by atoms with Crippen LogP contribution in [0, 0.1) is 0 Å². The minimum Gasteiger partial charge on any atom is -0.317 e. The predicted molar refractivity (Wildman–Crippen MR) is 40.6 cm³/mol. The van der Waals surface area contributed by atoms with Gasteiger partial charge < -0.3 is 5.32 Å². The molecule has 0 atom stereocenters. The maximum Gasteiger partial charge on any atom is 0.330 e. The molecule has 62 valence electrons. The Hall–Kier alpha value is -0.770. The molecule has 1 heterocycles. The zero-order chi connectivity index (χ0) is 7.73. The lowest BCUT2D eigenvalue weighted by molar-refractivity contribution is 0.220. The van der Waals surface area contributed by atoms with E-state index in [1.165, 1.54) is 19.3 Å². The summed E-state index contributed by atoms with van der Waals surface area (Å²) in [5.74, 6) is 0. The topological polar surface area (TPSA) is 53.2 Å². The fourth-order valence-corrected chi connectivity index (χ4v) is 1.86. The van der Waals surface area contributed by atoms with Crippen molar-refractivity contribution in [3.63, 3.8) is 0 Å². The molecule has 0 radical (unpaired) electrons. The summed E-state index contributed by atoms with van der Waals surface area (Å²) in [6.07, 6.45) is 5.79. The largest absolute Gasteiger partial charge is 0.330 e. The number of carbonyl (C=O) groups excluding carboxylic acids is 1. The van der Waals surface area contributed by atoms with Crippen molar-refractivity contribution >= 4 is 6.03 Å². The molecule has 0 aromatic heterocycles. The highest BCUT2D eigenvalue weighted by Crippen LogP contribution is 2.26. The zero-order valence-corrected chi connectivity index (χ0v) is 6.44. The zero-order valence-electron chi connectivity index (χ0n) is 6.44. The van der Waals surface area contributed by atoms with Crippen LogP contribution in [0.25, 0.3) is 0 Å². The highest BCUT2D eigenvalue weighted by molar-refractivity contribution is 5.76. The molecule has 11 heavy (non-hydrogen) atoms. The first-order valence-electron chi connectivity index (χ1n) is 4.16. The van der Waals surface area contributed by atoms with Crippen LogP contribution >= 0.6 is 0 Å². The van der Waals surface area contributed by atoms with Crippen molar-refractivity contribution < 1.29 is 4.79 Å². The Bertz CT molecular complexity index is 175. The minimum atomic E-state index is -0.116. The van der Waals surface area contributed by atoms with Crippen molar-refractivity contribution in [3.05, 3.63) is 0 Å². The van der Waals surface area contributed by atoms with Gasteiger partial charge in [-0.1, -0.05) is 6.42 Å². The lowest BCUT2D eigenvalue weighted by atomic mass is 9.90. The predicted octanol–water partition coefficient (Wildman–Crippen LogP) is 0.464. The molecule has 0 aromatic rings. The number of carbonyl (C=O) groups is 1. The van der Waals surface area contributed by atoms with Crippen LogP contribution in [0.2, 0.25) is 0 Å². The van der Waals surface area contributed by atoms with Crippen molar-refractivity contribution in [1.29, 1.82) is 0 Å². The van der Waals surface area contributed by atoms with Crippen LogP contribution in [0.1, 0.15) is 32.1 Å². The minimum absolute atomic E-state index is 0.0908. The molecular formula is C7H13N3O. The van der Waals surface area contributed by atoms with Gasteiger partial charge in [-0.2, -0.15) is 0 Å². The molecule has 4 nitrogen and oxygen atoms in total. The molecule has 1 aliphatic heterocycles. The standard InChI is InChI=1S/C7H13N3O/c11-6-8-7(10-9-6)4-2-1-3-5-7/h10H,1-5H2,(H2,8,9,11). The Morgan fingerprint density at radius 2 is 1.91 bits per heavy atom. The first-order chi connectivity index (χ1) is 5.31. The number of hydrogen-bond donors (Lipinski definition) is 3. The second-order valence-electron chi connectivity index (χ2n) is 3.35. The van der Waals surface area contributed by atoms with Crippen LogP contribution < -0.4 is 16.2 Å². The second kappa shape index (κ2) is 2.37. The molecule has 1 saturated carbocycles. The first-order valence-corrected chi connectivity index (χ1v) is 4.16. The van der Waals surface area contributed by atoms with Crippen LogP contribution in [0.3, 0.4) is 0 Å². The summed E-state index contributed by atoms with van der Waals surface area (Å²) in [4.78, 5) is 10.8. The van der Waals surface area contributed by atoms with E-state index in [1.807, 2.05) is 0 Å². The van der Waals surface area contributed by atoms with Crippen LogP contribution in [-0.4, -0.2) is 11.7 Å². The number of amides is 2. The van der Waals surface area contributed by atoms with Crippen LogP contribution in [-0.2, 0) is 0 Å². The van der Waals surface area contributed by atoms with Gasteiger partial charge >= 0.3 is 6.03 Å². The second-order valence-corrected chi connectivity index (χ2v) is 3.35. The van der Waals surface area contributed by atoms with Gasteiger partial charge in [0, 0.05) is 0 Å². The van der Waals surface area contributed by atoms with Gasteiger partial charge in [-0.25, -0.2) is 10.2 Å². The highest BCUT2D eigenvalue weighted by atomic mass is 16.2. The molecule has 0 unspecified atom stereocenters. The molecule has 2 fully saturated rings. The summed E-state index contributed by atoms with van der Waals surface area (Å²) in [5.41, 5.74) is 5.48. The first kappa shape index (κ1) is 6.91. The summed E-state index contributed by atoms with van der Waals surface area (Å²) in [6, 6.07) is -0.0908. The SMILES string of the molecule is O=C1NNC2(CCCCC2)N1. The molecule has 2 aliphatic rings. The van der Waals surface area contributed by atoms with E-state index in [9.17, 15) is 4.79 Å². The van der Waals surface area contributed by atoms with Crippen molar-refractivity contribution in [2.75, 3.05) is 0 Å². The molecular weight excluding hydrogens is 142 g/mol. The van der Waals surface area contributed by atoms with Crippen molar-refractivity contribution in [2.24, 2.45) is 0 Å². The smallest absolute Gasteiger partial charge is 0.317 e. The van der Waals surface area contributed by atoms with Crippen molar-refractivity contribution in [2.45, 2.75) is 37.8 Å². The average Bonchev–Trinajstić information content (AvgIpc) is 2.34. The Balaban J connectivity index is 2.03. The van der Waals surface area contributed by atoms with E-state index in [-0.39, 0.29) is 11.7 Å². The van der Waals surface area contributed by atoms with Gasteiger partial charge in [0.15, 0.2) is 0 Å². The number of hydrogen-bond acceptors (Lipinski definition) is 2. The lowest BCUT2D eigenvalue weighted by Crippen LogP contribution is -2.51. The normalized spacial score (nSPS) is 28.2. The third-order valence-electron chi connectivity index (χ3n) is 2.48. The van der Waals surface area contributed by atoms with E-state index in [0.29, 0.717) is 0 Å². The fraction of sp³-hybridized carbons (Fsp3) is 0.857. The van der Waals surface area contributed by atoms with Gasteiger partial charge in [0.2, 0.25) is 0 Å². The maximum absolute atomic E-state index is 10.8. The van der Waals surface area contributed by atoms with Gasteiger partial charge in [-0.15, -0.1) is 0 Å². The number of urea groups is 1. The van der Waals surface area contributed by atoms with Crippen LogP contribution in [0.5, 0.6) is 0 Å². The van der Waals surface area contributed by atoms with Gasteiger partial charge in [0.05, 0.1) is 0 Å². The Labute approximate surface area is 65.7 Å². The van der Waals surface area contributed by atoms with Gasteiger partial charge in [-0.05, 0) is 25.7 Å². The van der Waals surface area contributed by atoms with E-state index in [2.05, 4.69) is 16.2 Å². The third kappa shape index (κ3) is 1.18. The molecule has 0 bridgehead atoms. The summed E-state index contributed by atoms with van der Waals surface area (Å²) < 4.78 is 0. The highest BCUT2D eigenvalue weighted by Gasteiger charge is 2.37. The monoisotopic (exact) mass is 155 g/mol. The van der Waals surface area contributed by atoms with E-state index < -0.39 is 0 Å². The van der Waals surface area contributed by atoms with Crippen LogP contribution in [0.15, 0.2) is 0 Å². The maximum atomic E-state index is 10.8. The Kier molecular flexibility index (Phi) is 1.49. The van der Waals surface area contributed by atoms with E-state index >= 15 is 0 Å². The summed E-state index contributed by atoms with van der Waals surface area (Å²) in [6.45, 7) is 0. The molecule has 0 aromatic carbocycles. The Morgan fingerprint density at radius 3 is 2.45 bits per heavy atom. The molecule has 1 aliphatic carbocycles. The molecule has 3 N–H and O–H groups in total. The number of nitrogens with one attached hydrogen (secondary N) is 3. The Morgan fingerprint density at radius 1 is 1.18 bits per heavy atom. The quantitative estimate of drug-likeness (QED) is 0.476. The summed E-state index contributed by atoms with van der Waals surface area (Å²) >= 11 is 0. The number of hydrazine groups is 1. The summed E-state index contributed by atoms with van der Waals surface area (Å²) in [5, 5.41) is 2.91. The lowest BCUT2D eigenvalue weighted by Gasteiger charge is -2.31. The molecule has 1 spiro atoms. The third-order valence-corrected chi connectivity index (χ3v) is 2.48. The van der Waals surface area contributed by atoms with Crippen molar-refractivity contribution in [1.82, 2.24) is 16.2 Å². The molecule has 2 amide bonds. The van der Waals surface area contributed by atoms with E-state index in [1.54, 1.807) is 0 Å².